The molecule has 1 N–H and O–H groups in total. The highest BCUT2D eigenvalue weighted by atomic mass is 19.1. The van der Waals surface area contributed by atoms with Crippen molar-refractivity contribution < 1.29 is 9.50 Å². The van der Waals surface area contributed by atoms with Gasteiger partial charge in [0.15, 0.2) is 0 Å². The molecule has 2 rings (SSSR count). The first-order valence-corrected chi connectivity index (χ1v) is 7.89. The zero-order chi connectivity index (χ0) is 15.7. The Kier molecular flexibility index (Phi) is 4.74. The summed E-state index contributed by atoms with van der Waals surface area (Å²) in [5.41, 5.74) is 1.86. The minimum absolute atomic E-state index is 0.162. The van der Waals surface area contributed by atoms with E-state index in [0.717, 1.165) is 31.5 Å². The lowest BCUT2D eigenvalue weighted by molar-refractivity contribution is 0.0492. The van der Waals surface area contributed by atoms with Crippen LogP contribution in [0.5, 0.6) is 0 Å². The minimum Gasteiger partial charge on any atom is -0.395 e. The Bertz CT molecular complexity index is 453. The molecule has 0 aromatic heterocycles. The fraction of sp³-hybridized carbons (Fsp3) is 0.667. The van der Waals surface area contributed by atoms with Crippen LogP contribution in [0.15, 0.2) is 24.3 Å². The first-order valence-electron chi connectivity index (χ1n) is 7.89. The molecule has 0 radical (unpaired) electrons. The van der Waals surface area contributed by atoms with Gasteiger partial charge in [-0.15, -0.1) is 0 Å². The van der Waals surface area contributed by atoms with Gasteiger partial charge in [-0.05, 0) is 64.8 Å². The molecule has 1 heterocycles. The van der Waals surface area contributed by atoms with E-state index in [4.69, 9.17) is 0 Å². The molecular formula is C18H28FNO. The number of piperidine rings is 1. The van der Waals surface area contributed by atoms with Gasteiger partial charge in [0.05, 0.1) is 6.61 Å². The van der Waals surface area contributed by atoms with Crippen molar-refractivity contribution >= 4 is 0 Å². The van der Waals surface area contributed by atoms with E-state index in [1.807, 2.05) is 24.3 Å². The summed E-state index contributed by atoms with van der Waals surface area (Å²) in [4.78, 5) is 2.47. The van der Waals surface area contributed by atoms with Crippen LogP contribution in [0.25, 0.3) is 0 Å². The van der Waals surface area contributed by atoms with Crippen molar-refractivity contribution in [1.82, 2.24) is 4.90 Å². The van der Waals surface area contributed by atoms with E-state index in [9.17, 15) is 9.50 Å². The summed E-state index contributed by atoms with van der Waals surface area (Å²) in [6.45, 7) is 10.4. The Balaban J connectivity index is 2.16. The zero-order valence-corrected chi connectivity index (χ0v) is 13.7. The molecule has 0 saturated carbocycles. The Labute approximate surface area is 128 Å². The van der Waals surface area contributed by atoms with Crippen LogP contribution in [0.1, 0.15) is 57.8 Å². The molecule has 1 saturated heterocycles. The predicted molar refractivity (Wildman–Crippen MR) is 85.3 cm³/mol. The Morgan fingerprint density at radius 1 is 1.19 bits per heavy atom. The monoisotopic (exact) mass is 293 g/mol. The van der Waals surface area contributed by atoms with E-state index in [0.29, 0.717) is 5.56 Å². The number of aliphatic hydroxyl groups is 1. The van der Waals surface area contributed by atoms with Crippen molar-refractivity contribution in [1.29, 1.82) is 0 Å². The van der Waals surface area contributed by atoms with Crippen molar-refractivity contribution in [2.75, 3.05) is 19.7 Å². The number of alkyl halides is 1. The van der Waals surface area contributed by atoms with Gasteiger partial charge in [0.1, 0.15) is 6.17 Å². The average molecular weight is 293 g/mol. The van der Waals surface area contributed by atoms with E-state index in [1.54, 1.807) is 6.92 Å². The summed E-state index contributed by atoms with van der Waals surface area (Å²) in [5, 5.41) is 9.97. The molecule has 1 aliphatic rings. The van der Waals surface area contributed by atoms with Crippen LogP contribution in [0.4, 0.5) is 4.39 Å². The molecule has 118 valence electrons. The molecule has 1 unspecified atom stereocenters. The quantitative estimate of drug-likeness (QED) is 0.915. The standard InChI is InChI=1S/C18H28FNO/c1-14(19)15-5-7-16(8-6-15)18(13-21)9-11-20(12-10-18)17(2,3)4/h5-8,14,21H,9-13H2,1-4H3. The second-order valence-corrected chi connectivity index (χ2v) is 7.33. The Morgan fingerprint density at radius 3 is 2.10 bits per heavy atom. The number of rotatable bonds is 3. The number of likely N-dealkylation sites (tertiary alicyclic amines) is 1. The third kappa shape index (κ3) is 3.46. The number of halogens is 1. The molecule has 2 nitrogen and oxygen atoms in total. The molecule has 1 fully saturated rings. The van der Waals surface area contributed by atoms with Crippen LogP contribution in [0.2, 0.25) is 0 Å². The molecule has 0 aliphatic carbocycles. The van der Waals surface area contributed by atoms with Crippen LogP contribution in [-0.4, -0.2) is 35.2 Å². The lowest BCUT2D eigenvalue weighted by Crippen LogP contribution is -2.51. The maximum atomic E-state index is 13.3. The summed E-state index contributed by atoms with van der Waals surface area (Å²) in [6, 6.07) is 7.70. The highest BCUT2D eigenvalue weighted by Crippen LogP contribution is 2.37. The van der Waals surface area contributed by atoms with E-state index in [1.165, 1.54) is 0 Å². The first kappa shape index (κ1) is 16.4. The second kappa shape index (κ2) is 6.05. The lowest BCUT2D eigenvalue weighted by Gasteiger charge is -2.46. The molecule has 0 spiro atoms. The van der Waals surface area contributed by atoms with E-state index in [2.05, 4.69) is 25.7 Å². The van der Waals surface area contributed by atoms with Gasteiger partial charge in [-0.3, -0.25) is 4.90 Å². The number of benzene rings is 1. The largest absolute Gasteiger partial charge is 0.395 e. The SMILES string of the molecule is CC(F)c1ccc(C2(CO)CCN(C(C)(C)C)CC2)cc1. The van der Waals surface area contributed by atoms with Gasteiger partial charge >= 0.3 is 0 Å². The highest BCUT2D eigenvalue weighted by Gasteiger charge is 2.38. The normalized spacial score (nSPS) is 21.2. The topological polar surface area (TPSA) is 23.5 Å². The third-order valence-electron chi connectivity index (χ3n) is 4.95. The Morgan fingerprint density at radius 2 is 1.71 bits per heavy atom. The third-order valence-corrected chi connectivity index (χ3v) is 4.95. The van der Waals surface area contributed by atoms with Gasteiger partial charge in [0.2, 0.25) is 0 Å². The van der Waals surface area contributed by atoms with Crippen molar-refractivity contribution in [2.24, 2.45) is 0 Å². The van der Waals surface area contributed by atoms with Gasteiger partial charge in [-0.1, -0.05) is 24.3 Å². The summed E-state index contributed by atoms with van der Waals surface area (Å²) in [7, 11) is 0. The molecule has 1 aromatic rings. The summed E-state index contributed by atoms with van der Waals surface area (Å²) in [6.07, 6.45) is 0.961. The van der Waals surface area contributed by atoms with Crippen molar-refractivity contribution in [2.45, 2.75) is 57.7 Å². The Hall–Kier alpha value is -0.930. The first-order chi connectivity index (χ1) is 9.78. The van der Waals surface area contributed by atoms with Gasteiger partial charge in [-0.2, -0.15) is 0 Å². The maximum Gasteiger partial charge on any atom is 0.122 e. The van der Waals surface area contributed by atoms with Crippen molar-refractivity contribution in [3.05, 3.63) is 35.4 Å². The molecule has 21 heavy (non-hydrogen) atoms. The summed E-state index contributed by atoms with van der Waals surface area (Å²) >= 11 is 0. The highest BCUT2D eigenvalue weighted by molar-refractivity contribution is 5.31. The average Bonchev–Trinajstić information content (AvgIpc) is 2.46. The van der Waals surface area contributed by atoms with Crippen molar-refractivity contribution in [3.63, 3.8) is 0 Å². The van der Waals surface area contributed by atoms with Gasteiger partial charge < -0.3 is 5.11 Å². The molecule has 1 aliphatic heterocycles. The molecular weight excluding hydrogens is 265 g/mol. The molecule has 1 atom stereocenters. The van der Waals surface area contributed by atoms with Crippen LogP contribution in [0.3, 0.4) is 0 Å². The number of hydrogen-bond acceptors (Lipinski definition) is 2. The molecule has 0 bridgehead atoms. The van der Waals surface area contributed by atoms with E-state index >= 15 is 0 Å². The number of aliphatic hydroxyl groups excluding tert-OH is 1. The van der Waals surface area contributed by atoms with Crippen LogP contribution in [0, 0.1) is 0 Å². The summed E-state index contributed by atoms with van der Waals surface area (Å²) < 4.78 is 13.3. The smallest absolute Gasteiger partial charge is 0.122 e. The molecule has 1 aromatic carbocycles. The van der Waals surface area contributed by atoms with Gasteiger partial charge in [-0.25, -0.2) is 4.39 Å². The number of hydrogen-bond donors (Lipinski definition) is 1. The fourth-order valence-corrected chi connectivity index (χ4v) is 3.25. The van der Waals surface area contributed by atoms with E-state index < -0.39 is 6.17 Å². The van der Waals surface area contributed by atoms with Crippen LogP contribution < -0.4 is 0 Å². The van der Waals surface area contributed by atoms with E-state index in [-0.39, 0.29) is 17.6 Å². The summed E-state index contributed by atoms with van der Waals surface area (Å²) in [5.74, 6) is 0. The second-order valence-electron chi connectivity index (χ2n) is 7.33. The van der Waals surface area contributed by atoms with Crippen LogP contribution >= 0.6 is 0 Å². The molecule has 0 amide bonds. The molecule has 3 heteroatoms. The zero-order valence-electron chi connectivity index (χ0n) is 13.7. The lowest BCUT2D eigenvalue weighted by atomic mass is 9.72. The van der Waals surface area contributed by atoms with Gasteiger partial charge in [0, 0.05) is 11.0 Å². The van der Waals surface area contributed by atoms with Crippen LogP contribution in [-0.2, 0) is 5.41 Å². The van der Waals surface area contributed by atoms with Crippen molar-refractivity contribution in [3.8, 4) is 0 Å². The van der Waals surface area contributed by atoms with Gasteiger partial charge in [0.25, 0.3) is 0 Å². The fourth-order valence-electron chi connectivity index (χ4n) is 3.25. The maximum absolute atomic E-state index is 13.3. The predicted octanol–water partition coefficient (Wildman–Crippen LogP) is 3.84. The number of nitrogens with zero attached hydrogens (tertiary/aromatic N) is 1. The minimum atomic E-state index is -0.938.